The molecule has 2 aromatic rings. The minimum atomic E-state index is -5.58. The number of benzene rings is 1. The third-order valence-corrected chi connectivity index (χ3v) is 5.59. The van der Waals surface area contributed by atoms with E-state index in [1.807, 2.05) is 0 Å². The maximum absolute atomic E-state index is 13.9. The quantitative estimate of drug-likeness (QED) is 0.720. The van der Waals surface area contributed by atoms with Crippen LogP contribution < -0.4 is 0 Å². The predicted octanol–water partition coefficient (Wildman–Crippen LogP) is 3.41. The maximum Gasteiger partial charge on any atom is 0.395 e. The van der Waals surface area contributed by atoms with Crippen LogP contribution in [0.3, 0.4) is 0 Å². The Hall–Kier alpha value is -1.76. The van der Waals surface area contributed by atoms with E-state index in [2.05, 4.69) is 0 Å². The summed E-state index contributed by atoms with van der Waals surface area (Å²) < 4.78 is 71.5. The summed E-state index contributed by atoms with van der Waals surface area (Å²) in [5.41, 5.74) is -3.78. The molecule has 5 nitrogen and oxygen atoms in total. The second-order valence-electron chi connectivity index (χ2n) is 4.72. The summed E-state index contributed by atoms with van der Waals surface area (Å²) in [5, 5.41) is 3.50. The van der Waals surface area contributed by atoms with E-state index < -0.39 is 38.0 Å². The van der Waals surface area contributed by atoms with Crippen molar-refractivity contribution in [2.45, 2.75) is 29.6 Å². The van der Waals surface area contributed by atoms with Crippen LogP contribution in [0.5, 0.6) is 0 Å². The van der Waals surface area contributed by atoms with Crippen molar-refractivity contribution >= 4 is 32.3 Å². The molecule has 0 aliphatic heterocycles. The molecule has 1 atom stereocenters. The largest absolute Gasteiger partial charge is 0.395 e. The molecule has 0 bridgehead atoms. The molecule has 0 fully saturated rings. The monoisotopic (exact) mass is 380 g/mol. The van der Waals surface area contributed by atoms with E-state index in [1.54, 1.807) is 19.1 Å². The van der Waals surface area contributed by atoms with E-state index in [1.165, 1.54) is 18.2 Å². The summed E-state index contributed by atoms with van der Waals surface area (Å²) in [6, 6.07) is 7.50. The van der Waals surface area contributed by atoms with E-state index in [-0.39, 0.29) is 17.5 Å². The van der Waals surface area contributed by atoms with Gasteiger partial charge in [0, 0.05) is 12.0 Å². The first kappa shape index (κ1) is 18.6. The lowest BCUT2D eigenvalue weighted by Gasteiger charge is -2.19. The Kier molecular flexibility index (Phi) is 5.13. The smallest absolute Gasteiger partial charge is 0.361 e. The molecule has 1 aromatic carbocycles. The lowest BCUT2D eigenvalue weighted by molar-refractivity contribution is 0.0406. The molecule has 0 N–H and O–H groups in total. The van der Waals surface area contributed by atoms with Gasteiger partial charge in [0.05, 0.1) is 11.1 Å². The van der Waals surface area contributed by atoms with Crippen molar-refractivity contribution in [3.05, 3.63) is 29.8 Å². The molecule has 0 spiro atoms. The number of hydrogen-bond donors (Lipinski definition) is 0. The van der Waals surface area contributed by atoms with Crippen molar-refractivity contribution in [2.75, 3.05) is 6.61 Å². The van der Waals surface area contributed by atoms with E-state index in [9.17, 15) is 26.9 Å². The zero-order chi connectivity index (χ0) is 18.1. The van der Waals surface area contributed by atoms with Crippen LogP contribution >= 0.6 is 11.6 Å². The van der Waals surface area contributed by atoms with Crippen molar-refractivity contribution in [1.29, 1.82) is 5.26 Å². The van der Waals surface area contributed by atoms with Gasteiger partial charge in [0.1, 0.15) is 12.8 Å². The van der Waals surface area contributed by atoms with Gasteiger partial charge in [-0.3, -0.25) is 0 Å². The number of nitriles is 1. The van der Waals surface area contributed by atoms with Gasteiger partial charge in [0.2, 0.25) is 0 Å². The number of alkyl halides is 4. The number of aromatic nitrogens is 1. The minimum Gasteiger partial charge on any atom is -0.361 e. The summed E-state index contributed by atoms with van der Waals surface area (Å²) in [6.45, 7) is 1.39. The SMILES string of the molecule is CCOCn1c(S(=O)(=O)C(F)(F)C(F)Cl)c(C#N)c2ccccc21. The molecule has 2 rings (SSSR count). The molecule has 0 amide bonds. The van der Waals surface area contributed by atoms with Crippen LogP contribution in [-0.2, 0) is 21.3 Å². The van der Waals surface area contributed by atoms with Gasteiger partial charge in [0.25, 0.3) is 15.5 Å². The molecule has 0 aliphatic rings. The van der Waals surface area contributed by atoms with E-state index in [0.29, 0.717) is 0 Å². The van der Waals surface area contributed by atoms with E-state index in [0.717, 1.165) is 4.57 Å². The first-order valence-corrected chi connectivity index (χ1v) is 8.61. The van der Waals surface area contributed by atoms with Gasteiger partial charge in [0.15, 0.2) is 5.03 Å². The van der Waals surface area contributed by atoms with Crippen LogP contribution in [0.25, 0.3) is 10.9 Å². The molecule has 1 heterocycles. The lowest BCUT2D eigenvalue weighted by Crippen LogP contribution is -2.37. The number of para-hydroxylation sites is 1. The number of hydrogen-bond acceptors (Lipinski definition) is 4. The molecule has 0 aliphatic carbocycles. The fourth-order valence-electron chi connectivity index (χ4n) is 2.22. The molecule has 0 saturated heterocycles. The van der Waals surface area contributed by atoms with Crippen molar-refractivity contribution in [2.24, 2.45) is 0 Å². The van der Waals surface area contributed by atoms with Gasteiger partial charge in [-0.15, -0.1) is 0 Å². The first-order valence-electron chi connectivity index (χ1n) is 6.69. The third kappa shape index (κ3) is 2.75. The van der Waals surface area contributed by atoms with Gasteiger partial charge < -0.3 is 9.30 Å². The van der Waals surface area contributed by atoms with Gasteiger partial charge >= 0.3 is 5.25 Å². The van der Waals surface area contributed by atoms with Gasteiger partial charge in [-0.25, -0.2) is 12.8 Å². The normalized spacial score (nSPS) is 13.8. The summed E-state index contributed by atoms with van der Waals surface area (Å²) in [4.78, 5) is 0. The Morgan fingerprint density at radius 3 is 2.58 bits per heavy atom. The Balaban J connectivity index is 2.89. The van der Waals surface area contributed by atoms with Crippen molar-refractivity contribution in [3.8, 4) is 6.07 Å². The highest BCUT2D eigenvalue weighted by Gasteiger charge is 2.55. The number of rotatable bonds is 6. The highest BCUT2D eigenvalue weighted by Crippen LogP contribution is 2.40. The van der Waals surface area contributed by atoms with Crippen molar-refractivity contribution in [1.82, 2.24) is 4.57 Å². The van der Waals surface area contributed by atoms with Crippen LogP contribution in [0.4, 0.5) is 13.2 Å². The Morgan fingerprint density at radius 2 is 2.04 bits per heavy atom. The highest BCUT2D eigenvalue weighted by molar-refractivity contribution is 7.92. The molecule has 0 radical (unpaired) electrons. The molecular formula is C14H12ClF3N2O3S. The average Bonchev–Trinajstić information content (AvgIpc) is 2.86. The number of sulfone groups is 1. The number of fused-ring (bicyclic) bond motifs is 1. The Bertz CT molecular complexity index is 904. The van der Waals surface area contributed by atoms with Crippen LogP contribution in [-0.4, -0.2) is 30.5 Å². The van der Waals surface area contributed by atoms with Crippen LogP contribution in [0.1, 0.15) is 12.5 Å². The predicted molar refractivity (Wildman–Crippen MR) is 81.2 cm³/mol. The zero-order valence-electron chi connectivity index (χ0n) is 12.3. The molecule has 130 valence electrons. The number of nitrogens with zero attached hydrogens (tertiary/aromatic N) is 2. The molecule has 10 heteroatoms. The van der Waals surface area contributed by atoms with E-state index >= 15 is 0 Å². The fourth-order valence-corrected chi connectivity index (χ4v) is 3.93. The summed E-state index contributed by atoms with van der Waals surface area (Å²) in [6.07, 6.45) is 0. The lowest BCUT2D eigenvalue weighted by atomic mass is 10.2. The fraction of sp³-hybridized carbons (Fsp3) is 0.357. The molecule has 1 unspecified atom stereocenters. The second kappa shape index (κ2) is 6.63. The molecular weight excluding hydrogens is 369 g/mol. The third-order valence-electron chi connectivity index (χ3n) is 3.33. The minimum absolute atomic E-state index is 0.138. The number of ether oxygens (including phenoxy) is 1. The van der Waals surface area contributed by atoms with Crippen molar-refractivity contribution in [3.63, 3.8) is 0 Å². The molecule has 0 saturated carbocycles. The number of halogens is 4. The van der Waals surface area contributed by atoms with Gasteiger partial charge in [-0.2, -0.15) is 14.0 Å². The Morgan fingerprint density at radius 1 is 1.42 bits per heavy atom. The van der Waals surface area contributed by atoms with E-state index in [4.69, 9.17) is 16.3 Å². The summed E-state index contributed by atoms with van der Waals surface area (Å²) in [5.74, 6) is 0. The summed E-state index contributed by atoms with van der Waals surface area (Å²) >= 11 is 4.74. The van der Waals surface area contributed by atoms with Crippen molar-refractivity contribution < 1.29 is 26.3 Å². The van der Waals surface area contributed by atoms with Crippen LogP contribution in [0.15, 0.2) is 29.3 Å². The van der Waals surface area contributed by atoms with Crippen LogP contribution in [0, 0.1) is 11.3 Å². The van der Waals surface area contributed by atoms with Gasteiger partial charge in [-0.1, -0.05) is 29.8 Å². The molecule has 24 heavy (non-hydrogen) atoms. The highest BCUT2D eigenvalue weighted by atomic mass is 35.5. The zero-order valence-corrected chi connectivity index (χ0v) is 13.9. The standard InChI is InChI=1S/C14H12ClF3N2O3S/c1-2-23-8-20-11-6-4-3-5-9(11)10(7-19)12(20)24(21,22)14(17,18)13(15)16/h3-6,13H,2,8H2,1H3. The van der Waals surface area contributed by atoms with Gasteiger partial charge in [-0.05, 0) is 13.0 Å². The van der Waals surface area contributed by atoms with Crippen LogP contribution in [0.2, 0.25) is 0 Å². The maximum atomic E-state index is 13.9. The summed E-state index contributed by atoms with van der Waals surface area (Å²) in [7, 11) is -5.58. The Labute approximate surface area is 141 Å². The average molecular weight is 381 g/mol. The molecule has 1 aromatic heterocycles. The first-order chi connectivity index (χ1) is 11.2. The topological polar surface area (TPSA) is 72.1 Å². The second-order valence-corrected chi connectivity index (χ2v) is 7.05.